The minimum absolute atomic E-state index is 0.00440. The molecule has 3 unspecified atom stereocenters. The SMILES string of the molecule is CCOc1c(C(C)N2N=C(c3cnn(CCO)c3)C3C(N)=NC=NC32)cc(Cl)c(C)c1C. The zero-order valence-electron chi connectivity index (χ0n) is 18.7. The molecule has 9 nitrogen and oxygen atoms in total. The summed E-state index contributed by atoms with van der Waals surface area (Å²) in [5.41, 5.74) is 10.8. The maximum atomic E-state index is 9.22. The van der Waals surface area contributed by atoms with Crippen molar-refractivity contribution in [3.8, 4) is 5.75 Å². The molecule has 1 aromatic heterocycles. The Morgan fingerprint density at radius 1 is 1.31 bits per heavy atom. The molecule has 0 spiro atoms. The smallest absolute Gasteiger partial charge is 0.154 e. The van der Waals surface area contributed by atoms with Gasteiger partial charge >= 0.3 is 0 Å². The van der Waals surface area contributed by atoms with Crippen molar-refractivity contribution in [2.75, 3.05) is 13.2 Å². The van der Waals surface area contributed by atoms with Crippen LogP contribution in [-0.2, 0) is 6.54 Å². The van der Waals surface area contributed by atoms with Crippen LogP contribution in [-0.4, -0.2) is 57.2 Å². The summed E-state index contributed by atoms with van der Waals surface area (Å²) in [4.78, 5) is 8.83. The Balaban J connectivity index is 1.78. The molecule has 32 heavy (non-hydrogen) atoms. The number of hydrogen-bond acceptors (Lipinski definition) is 8. The van der Waals surface area contributed by atoms with Crippen LogP contribution in [0.15, 0.2) is 33.5 Å². The van der Waals surface area contributed by atoms with E-state index >= 15 is 0 Å². The molecule has 3 atom stereocenters. The van der Waals surface area contributed by atoms with Crippen molar-refractivity contribution in [1.29, 1.82) is 0 Å². The fourth-order valence-electron chi connectivity index (χ4n) is 4.17. The van der Waals surface area contributed by atoms with E-state index in [-0.39, 0.29) is 24.7 Å². The second-order valence-corrected chi connectivity index (χ2v) is 8.33. The predicted octanol–water partition coefficient (Wildman–Crippen LogP) is 2.67. The molecular formula is C22H28ClN7O2. The van der Waals surface area contributed by atoms with E-state index in [1.807, 2.05) is 38.0 Å². The summed E-state index contributed by atoms with van der Waals surface area (Å²) in [5.74, 6) is 0.975. The van der Waals surface area contributed by atoms with Gasteiger partial charge in [-0.15, -0.1) is 0 Å². The average molecular weight is 458 g/mol. The number of aromatic nitrogens is 2. The van der Waals surface area contributed by atoms with Crippen LogP contribution in [0.5, 0.6) is 5.75 Å². The van der Waals surface area contributed by atoms with Gasteiger partial charge in [0.05, 0.1) is 37.7 Å². The van der Waals surface area contributed by atoms with Crippen molar-refractivity contribution in [3.05, 3.63) is 45.7 Å². The van der Waals surface area contributed by atoms with E-state index in [9.17, 15) is 5.11 Å². The summed E-state index contributed by atoms with van der Waals surface area (Å²) < 4.78 is 7.70. The van der Waals surface area contributed by atoms with Gasteiger partial charge in [0.25, 0.3) is 0 Å². The van der Waals surface area contributed by atoms with Crippen LogP contribution < -0.4 is 10.5 Å². The van der Waals surface area contributed by atoms with E-state index in [1.165, 1.54) is 6.34 Å². The molecule has 0 bridgehead atoms. The zero-order chi connectivity index (χ0) is 23.0. The monoisotopic (exact) mass is 457 g/mol. The van der Waals surface area contributed by atoms with Gasteiger partial charge in [0.2, 0.25) is 0 Å². The molecule has 0 amide bonds. The number of amidine groups is 1. The van der Waals surface area contributed by atoms with Crippen molar-refractivity contribution in [2.24, 2.45) is 26.7 Å². The second kappa shape index (κ2) is 8.91. The molecular weight excluding hydrogens is 430 g/mol. The van der Waals surface area contributed by atoms with Gasteiger partial charge in [-0.25, -0.2) is 9.98 Å². The van der Waals surface area contributed by atoms with Crippen LogP contribution in [0.25, 0.3) is 0 Å². The number of hydrazone groups is 1. The molecule has 170 valence electrons. The lowest BCUT2D eigenvalue weighted by atomic mass is 9.94. The normalized spacial score (nSPS) is 20.8. The first kappa shape index (κ1) is 22.3. The number of nitrogens with two attached hydrogens (primary N) is 1. The highest BCUT2D eigenvalue weighted by Gasteiger charge is 2.44. The van der Waals surface area contributed by atoms with E-state index in [0.717, 1.165) is 33.7 Å². The van der Waals surface area contributed by atoms with Crippen molar-refractivity contribution >= 4 is 29.5 Å². The first-order valence-corrected chi connectivity index (χ1v) is 11.0. The molecule has 10 heteroatoms. The molecule has 2 aliphatic heterocycles. The lowest BCUT2D eigenvalue weighted by Crippen LogP contribution is -2.43. The van der Waals surface area contributed by atoms with Crippen molar-refractivity contribution in [2.45, 2.75) is 46.4 Å². The highest BCUT2D eigenvalue weighted by molar-refractivity contribution is 6.31. The molecule has 0 fully saturated rings. The minimum Gasteiger partial charge on any atom is -0.493 e. The average Bonchev–Trinajstić information content (AvgIpc) is 3.39. The fraction of sp³-hybridized carbons (Fsp3) is 0.455. The number of halogens is 1. The van der Waals surface area contributed by atoms with E-state index in [0.29, 0.717) is 24.0 Å². The summed E-state index contributed by atoms with van der Waals surface area (Å²) >= 11 is 6.55. The Labute approximate surface area is 192 Å². The molecule has 3 heterocycles. The molecule has 0 saturated heterocycles. The van der Waals surface area contributed by atoms with Gasteiger partial charge in [-0.2, -0.15) is 10.2 Å². The van der Waals surface area contributed by atoms with Crippen molar-refractivity contribution in [3.63, 3.8) is 0 Å². The second-order valence-electron chi connectivity index (χ2n) is 7.93. The van der Waals surface area contributed by atoms with Gasteiger partial charge in [-0.1, -0.05) is 11.6 Å². The highest BCUT2D eigenvalue weighted by Crippen LogP contribution is 2.41. The van der Waals surface area contributed by atoms with Gasteiger partial charge < -0.3 is 15.6 Å². The molecule has 2 aromatic rings. The summed E-state index contributed by atoms with van der Waals surface area (Å²) in [6.07, 6.45) is 4.73. The standard InChI is InChI=1S/C22H28ClN7O2/c1-5-32-20-13(3)12(2)17(23)8-16(20)14(4)30-22-18(21(24)25-11-26-22)19(28-30)15-9-27-29(10-15)6-7-31/h8-11,14,18,22,31H,5-7H2,1-4H3,(H2,24,25,26). The van der Waals surface area contributed by atoms with Gasteiger partial charge in [0, 0.05) is 22.3 Å². The van der Waals surface area contributed by atoms with E-state index < -0.39 is 0 Å². The van der Waals surface area contributed by atoms with Crippen LogP contribution in [0.1, 0.15) is 42.1 Å². The van der Waals surface area contributed by atoms with Crippen LogP contribution in [0, 0.1) is 19.8 Å². The van der Waals surface area contributed by atoms with Gasteiger partial charge in [-0.3, -0.25) is 9.69 Å². The summed E-state index contributed by atoms with van der Waals surface area (Å²) in [6, 6.07) is 1.76. The zero-order valence-corrected chi connectivity index (χ0v) is 19.4. The van der Waals surface area contributed by atoms with Gasteiger partial charge in [0.1, 0.15) is 23.8 Å². The lowest BCUT2D eigenvalue weighted by molar-refractivity contribution is 0.162. The number of benzene rings is 1. The van der Waals surface area contributed by atoms with Crippen molar-refractivity contribution in [1.82, 2.24) is 14.8 Å². The number of fused-ring (bicyclic) bond motifs is 1. The van der Waals surface area contributed by atoms with Crippen LogP contribution in [0.4, 0.5) is 0 Å². The highest BCUT2D eigenvalue weighted by atomic mass is 35.5. The predicted molar refractivity (Wildman–Crippen MR) is 126 cm³/mol. The Kier molecular flexibility index (Phi) is 6.21. The number of hydrogen-bond donors (Lipinski definition) is 2. The Hall–Kier alpha value is -2.91. The number of nitrogens with zero attached hydrogens (tertiary/aromatic N) is 6. The van der Waals surface area contributed by atoms with Crippen LogP contribution in [0.3, 0.4) is 0 Å². The summed E-state index contributed by atoms with van der Waals surface area (Å²) in [5, 5.41) is 21.1. The molecule has 4 rings (SSSR count). The number of ether oxygens (including phenoxy) is 1. The molecule has 3 N–H and O–H groups in total. The Bertz CT molecular complexity index is 1110. The van der Waals surface area contributed by atoms with E-state index in [1.54, 1.807) is 10.9 Å². The first-order valence-electron chi connectivity index (χ1n) is 10.6. The topological polar surface area (TPSA) is 114 Å². The third kappa shape index (κ3) is 3.75. The summed E-state index contributed by atoms with van der Waals surface area (Å²) in [6.45, 7) is 8.98. The van der Waals surface area contributed by atoms with Crippen LogP contribution in [0.2, 0.25) is 5.02 Å². The number of rotatable bonds is 7. The van der Waals surface area contributed by atoms with Crippen LogP contribution >= 0.6 is 11.6 Å². The molecule has 0 aliphatic carbocycles. The maximum absolute atomic E-state index is 9.22. The lowest BCUT2D eigenvalue weighted by Gasteiger charge is -2.32. The Morgan fingerprint density at radius 2 is 2.09 bits per heavy atom. The first-order chi connectivity index (χ1) is 15.4. The quantitative estimate of drug-likeness (QED) is 0.663. The van der Waals surface area contributed by atoms with Gasteiger partial charge in [-0.05, 0) is 44.9 Å². The molecule has 1 aromatic carbocycles. The van der Waals surface area contributed by atoms with E-state index in [4.69, 9.17) is 27.2 Å². The molecule has 2 aliphatic rings. The van der Waals surface area contributed by atoms with Gasteiger partial charge in [0.15, 0.2) is 6.17 Å². The summed E-state index contributed by atoms with van der Waals surface area (Å²) in [7, 11) is 0. The third-order valence-electron chi connectivity index (χ3n) is 6.03. The number of aliphatic hydroxyl groups excluding tert-OH is 1. The number of aliphatic imine (C=N–C) groups is 2. The number of aliphatic hydroxyl groups is 1. The van der Waals surface area contributed by atoms with E-state index in [2.05, 4.69) is 22.0 Å². The molecule has 0 radical (unpaired) electrons. The third-order valence-corrected chi connectivity index (χ3v) is 6.42. The maximum Gasteiger partial charge on any atom is 0.154 e. The largest absolute Gasteiger partial charge is 0.493 e. The fourth-order valence-corrected chi connectivity index (χ4v) is 4.43. The Morgan fingerprint density at radius 3 is 2.81 bits per heavy atom. The van der Waals surface area contributed by atoms with Crippen molar-refractivity contribution < 1.29 is 9.84 Å². The molecule has 0 saturated carbocycles. The minimum atomic E-state index is -0.339.